The molecule has 2 heterocycles. The van der Waals surface area contributed by atoms with Gasteiger partial charge in [0.15, 0.2) is 4.60 Å². The predicted molar refractivity (Wildman–Crippen MR) is 84.4 cm³/mol. The van der Waals surface area contributed by atoms with Gasteiger partial charge in [0.1, 0.15) is 0 Å². The van der Waals surface area contributed by atoms with Crippen molar-refractivity contribution in [2.75, 3.05) is 18.1 Å². The number of nitrogens with zero attached hydrogens (tertiary/aromatic N) is 3. The normalized spacial score (nSPS) is 18.7. The fourth-order valence-electron chi connectivity index (χ4n) is 2.63. The molecule has 1 aliphatic rings. The van der Waals surface area contributed by atoms with E-state index in [9.17, 15) is 0 Å². The lowest BCUT2D eigenvalue weighted by Gasteiger charge is -2.27. The lowest BCUT2D eigenvalue weighted by Crippen LogP contribution is -2.27. The summed E-state index contributed by atoms with van der Waals surface area (Å²) >= 11 is 5.62. The number of rotatable bonds is 6. The number of nitrogens with one attached hydrogen (secondary N) is 1. The summed E-state index contributed by atoms with van der Waals surface area (Å²) in [6, 6.07) is 0.363. The van der Waals surface area contributed by atoms with Crippen LogP contribution in [0, 0.1) is 5.92 Å². The van der Waals surface area contributed by atoms with Crippen LogP contribution in [0.15, 0.2) is 4.60 Å². The quantitative estimate of drug-likeness (QED) is 0.859. The molecule has 0 bridgehead atoms. The van der Waals surface area contributed by atoms with Gasteiger partial charge < -0.3 is 5.32 Å². The van der Waals surface area contributed by atoms with E-state index in [4.69, 9.17) is 0 Å². The zero-order valence-corrected chi connectivity index (χ0v) is 14.1. The third-order valence-electron chi connectivity index (χ3n) is 3.71. The van der Waals surface area contributed by atoms with Crippen molar-refractivity contribution < 1.29 is 0 Å². The average molecular weight is 347 g/mol. The number of hydrogen-bond donors (Lipinski definition) is 1. The van der Waals surface area contributed by atoms with Crippen LogP contribution in [0.4, 0.5) is 0 Å². The minimum Gasteiger partial charge on any atom is -0.309 e. The van der Waals surface area contributed by atoms with E-state index in [0.717, 1.165) is 23.5 Å². The highest BCUT2D eigenvalue weighted by atomic mass is 79.9. The van der Waals surface area contributed by atoms with Gasteiger partial charge in [0.05, 0.1) is 11.7 Å². The molecule has 0 amide bonds. The molecule has 1 aromatic heterocycles. The van der Waals surface area contributed by atoms with E-state index in [-0.39, 0.29) is 0 Å². The molecule has 0 radical (unpaired) electrons. The van der Waals surface area contributed by atoms with Crippen LogP contribution in [0.1, 0.15) is 44.3 Å². The number of halogens is 1. The largest absolute Gasteiger partial charge is 0.309 e. The van der Waals surface area contributed by atoms with Crippen molar-refractivity contribution in [3.05, 3.63) is 10.3 Å². The average Bonchev–Trinajstić information content (AvgIpc) is 2.75. The fraction of sp³-hybridized carbons (Fsp3) is 0.846. The van der Waals surface area contributed by atoms with E-state index < -0.39 is 0 Å². The molecular formula is C13H23BrN4S. The summed E-state index contributed by atoms with van der Waals surface area (Å²) in [5, 5.41) is 11.9. The van der Waals surface area contributed by atoms with Gasteiger partial charge in [-0.25, -0.2) is 4.68 Å². The molecule has 0 aliphatic carbocycles. The summed E-state index contributed by atoms with van der Waals surface area (Å²) in [6.07, 6.45) is 5.04. The minimum atomic E-state index is 0.363. The number of aryl methyl sites for hydroxylation is 1. The zero-order valence-electron chi connectivity index (χ0n) is 11.7. The first-order valence-electron chi connectivity index (χ1n) is 7.08. The van der Waals surface area contributed by atoms with Crippen molar-refractivity contribution in [1.29, 1.82) is 0 Å². The molecule has 1 aromatic rings. The van der Waals surface area contributed by atoms with Gasteiger partial charge in [-0.05, 0) is 65.6 Å². The lowest BCUT2D eigenvalue weighted by molar-refractivity contribution is 0.357. The monoisotopic (exact) mass is 346 g/mol. The standard InChI is InChI=1S/C13H23BrN4S/c1-3-6-15-11(9-10-4-7-19-8-5-10)12-13(14)16-17-18(12)2/h10-11,15H,3-9H2,1-2H3. The Morgan fingerprint density at radius 2 is 2.21 bits per heavy atom. The molecule has 1 aliphatic heterocycles. The molecule has 19 heavy (non-hydrogen) atoms. The summed E-state index contributed by atoms with van der Waals surface area (Å²) in [5.74, 6) is 3.46. The smallest absolute Gasteiger partial charge is 0.153 e. The summed E-state index contributed by atoms with van der Waals surface area (Å²) in [4.78, 5) is 0. The lowest BCUT2D eigenvalue weighted by atomic mass is 9.93. The molecule has 0 spiro atoms. The van der Waals surface area contributed by atoms with Crippen LogP contribution in [0.25, 0.3) is 0 Å². The third kappa shape index (κ3) is 4.20. The van der Waals surface area contributed by atoms with E-state index in [0.29, 0.717) is 6.04 Å². The summed E-state index contributed by atoms with van der Waals surface area (Å²) in [6.45, 7) is 3.25. The van der Waals surface area contributed by atoms with Crippen LogP contribution in [0.2, 0.25) is 0 Å². The van der Waals surface area contributed by atoms with E-state index in [1.54, 1.807) is 0 Å². The maximum atomic E-state index is 4.12. The van der Waals surface area contributed by atoms with E-state index in [1.807, 2.05) is 11.7 Å². The molecular weight excluding hydrogens is 324 g/mol. The second-order valence-corrected chi connectivity index (χ2v) is 7.16. The summed E-state index contributed by atoms with van der Waals surface area (Å²) < 4.78 is 2.78. The number of thioether (sulfide) groups is 1. The van der Waals surface area contributed by atoms with Crippen LogP contribution in [0.3, 0.4) is 0 Å². The highest BCUT2D eigenvalue weighted by Gasteiger charge is 2.24. The van der Waals surface area contributed by atoms with Crippen LogP contribution in [0.5, 0.6) is 0 Å². The molecule has 4 nitrogen and oxygen atoms in total. The first-order valence-corrected chi connectivity index (χ1v) is 9.03. The van der Waals surface area contributed by atoms with Gasteiger partial charge in [0.2, 0.25) is 0 Å². The van der Waals surface area contributed by atoms with Gasteiger partial charge in [-0.2, -0.15) is 11.8 Å². The topological polar surface area (TPSA) is 42.7 Å². The first kappa shape index (κ1) is 15.3. The van der Waals surface area contributed by atoms with Gasteiger partial charge in [-0.3, -0.25) is 0 Å². The van der Waals surface area contributed by atoms with Gasteiger partial charge in [-0.1, -0.05) is 12.1 Å². The highest BCUT2D eigenvalue weighted by molar-refractivity contribution is 9.10. The molecule has 0 aromatic carbocycles. The van der Waals surface area contributed by atoms with Crippen molar-refractivity contribution in [3.8, 4) is 0 Å². The maximum Gasteiger partial charge on any atom is 0.153 e. The van der Waals surface area contributed by atoms with Gasteiger partial charge in [0.25, 0.3) is 0 Å². The van der Waals surface area contributed by atoms with Crippen molar-refractivity contribution in [1.82, 2.24) is 20.3 Å². The van der Waals surface area contributed by atoms with Gasteiger partial charge in [0, 0.05) is 7.05 Å². The molecule has 1 atom stereocenters. The second kappa shape index (κ2) is 7.64. The molecule has 1 N–H and O–H groups in total. The van der Waals surface area contributed by atoms with E-state index in [2.05, 4.69) is 50.2 Å². The molecule has 1 fully saturated rings. The molecule has 0 saturated carbocycles. The minimum absolute atomic E-state index is 0.363. The van der Waals surface area contributed by atoms with Crippen LogP contribution < -0.4 is 5.32 Å². The predicted octanol–water partition coefficient (Wildman–Crippen LogP) is 3.15. The zero-order chi connectivity index (χ0) is 13.7. The highest BCUT2D eigenvalue weighted by Crippen LogP contribution is 2.32. The number of hydrogen-bond acceptors (Lipinski definition) is 4. The van der Waals surface area contributed by atoms with Crippen LogP contribution in [-0.4, -0.2) is 33.0 Å². The molecule has 108 valence electrons. The van der Waals surface area contributed by atoms with Crippen molar-refractivity contribution in [2.45, 2.75) is 38.6 Å². The van der Waals surface area contributed by atoms with Gasteiger partial charge >= 0.3 is 0 Å². The van der Waals surface area contributed by atoms with Crippen LogP contribution in [-0.2, 0) is 7.05 Å². The molecule has 1 saturated heterocycles. The molecule has 6 heteroatoms. The third-order valence-corrected chi connectivity index (χ3v) is 5.32. The van der Waals surface area contributed by atoms with Gasteiger partial charge in [-0.15, -0.1) is 5.10 Å². The Bertz CT molecular complexity index is 370. The van der Waals surface area contributed by atoms with Crippen molar-refractivity contribution in [2.24, 2.45) is 13.0 Å². The maximum absolute atomic E-state index is 4.12. The van der Waals surface area contributed by atoms with Crippen LogP contribution >= 0.6 is 27.7 Å². The van der Waals surface area contributed by atoms with E-state index >= 15 is 0 Å². The SMILES string of the molecule is CCCNC(CC1CCSCC1)c1c(Br)nnn1C. The van der Waals surface area contributed by atoms with E-state index in [1.165, 1.54) is 36.5 Å². The Morgan fingerprint density at radius 3 is 2.79 bits per heavy atom. The second-order valence-electron chi connectivity index (χ2n) is 5.19. The number of aromatic nitrogens is 3. The Hall–Kier alpha value is -0.0700. The molecule has 1 unspecified atom stereocenters. The van der Waals surface area contributed by atoms with Crippen molar-refractivity contribution in [3.63, 3.8) is 0 Å². The Balaban J connectivity index is 2.06. The Labute approximate surface area is 128 Å². The molecule has 2 rings (SSSR count). The first-order chi connectivity index (χ1) is 9.22. The Kier molecular flexibility index (Phi) is 6.16. The van der Waals surface area contributed by atoms with Crippen molar-refractivity contribution >= 4 is 27.7 Å². The summed E-state index contributed by atoms with van der Waals surface area (Å²) in [7, 11) is 1.98. The Morgan fingerprint density at radius 1 is 1.47 bits per heavy atom. The summed E-state index contributed by atoms with van der Waals surface area (Å²) in [5.41, 5.74) is 1.19. The fourth-order valence-corrected chi connectivity index (χ4v) is 4.44.